The van der Waals surface area contributed by atoms with E-state index in [9.17, 15) is 14.7 Å². The molecule has 1 aromatic carbocycles. The van der Waals surface area contributed by atoms with Crippen molar-refractivity contribution in [2.24, 2.45) is 14.1 Å². The smallest absolute Gasteiger partial charge is 0.332 e. The molecule has 0 aliphatic carbocycles. The fourth-order valence-electron chi connectivity index (χ4n) is 3.79. The van der Waals surface area contributed by atoms with Gasteiger partial charge in [0.25, 0.3) is 5.56 Å². The molecule has 0 amide bonds. The maximum atomic E-state index is 12.9. The summed E-state index contributed by atoms with van der Waals surface area (Å²) in [5.41, 5.74) is 0.700. The first-order chi connectivity index (χ1) is 15.8. The van der Waals surface area contributed by atoms with Crippen LogP contribution in [0.5, 0.6) is 5.75 Å². The van der Waals surface area contributed by atoms with Gasteiger partial charge in [-0.2, -0.15) is 4.98 Å². The van der Waals surface area contributed by atoms with Gasteiger partial charge in [0.2, 0.25) is 5.95 Å². The Labute approximate surface area is 193 Å². The van der Waals surface area contributed by atoms with Crippen LogP contribution in [0.3, 0.4) is 0 Å². The molecule has 2 heterocycles. The molecule has 0 radical (unpaired) electrons. The van der Waals surface area contributed by atoms with Crippen LogP contribution < -0.4 is 21.3 Å². The van der Waals surface area contributed by atoms with E-state index in [0.717, 1.165) is 29.8 Å². The van der Waals surface area contributed by atoms with Gasteiger partial charge in [0.05, 0.1) is 6.54 Å². The lowest BCUT2D eigenvalue weighted by atomic mass is 10.2. The van der Waals surface area contributed by atoms with Gasteiger partial charge >= 0.3 is 5.69 Å². The van der Waals surface area contributed by atoms with Crippen LogP contribution in [-0.2, 0) is 20.6 Å². The topological polar surface area (TPSA) is 107 Å². The van der Waals surface area contributed by atoms with E-state index in [1.165, 1.54) is 11.6 Å². The Morgan fingerprint density at radius 3 is 2.58 bits per heavy atom. The lowest BCUT2D eigenvalue weighted by Crippen LogP contribution is -2.38. The number of aromatic nitrogens is 4. The van der Waals surface area contributed by atoms with Crippen LogP contribution in [0.25, 0.3) is 11.2 Å². The number of imidazole rings is 1. The number of hydrogen-bond acceptors (Lipinski definition) is 7. The summed E-state index contributed by atoms with van der Waals surface area (Å²) in [6.45, 7) is 9.57. The number of fused-ring (bicyclic) bond motifs is 1. The average molecular weight is 459 g/mol. The van der Waals surface area contributed by atoms with E-state index < -0.39 is 17.4 Å². The fourth-order valence-corrected chi connectivity index (χ4v) is 3.79. The van der Waals surface area contributed by atoms with Gasteiger partial charge in [-0.25, -0.2) is 4.79 Å². The first kappa shape index (κ1) is 24.5. The maximum absolute atomic E-state index is 12.9. The Hall–Kier alpha value is -3.11. The van der Waals surface area contributed by atoms with Crippen molar-refractivity contribution in [3.05, 3.63) is 50.7 Å². The maximum Gasteiger partial charge on any atom is 0.332 e. The van der Waals surface area contributed by atoms with Gasteiger partial charge < -0.3 is 24.6 Å². The number of aliphatic hydroxyl groups excluding tert-OH is 1. The van der Waals surface area contributed by atoms with Gasteiger partial charge in [-0.15, -0.1) is 0 Å². The molecule has 1 unspecified atom stereocenters. The van der Waals surface area contributed by atoms with Gasteiger partial charge in [-0.1, -0.05) is 26.0 Å². The van der Waals surface area contributed by atoms with Gasteiger partial charge in [-0.3, -0.25) is 13.9 Å². The van der Waals surface area contributed by atoms with Crippen LogP contribution in [-0.4, -0.2) is 67.6 Å². The van der Waals surface area contributed by atoms with E-state index in [1.54, 1.807) is 11.6 Å². The Morgan fingerprint density at radius 2 is 1.91 bits per heavy atom. The molecule has 3 rings (SSSR count). The zero-order valence-corrected chi connectivity index (χ0v) is 20.0. The van der Waals surface area contributed by atoms with E-state index in [0.29, 0.717) is 18.2 Å². The first-order valence-corrected chi connectivity index (χ1v) is 11.3. The molecule has 0 spiro atoms. The predicted octanol–water partition coefficient (Wildman–Crippen LogP) is 0.936. The van der Waals surface area contributed by atoms with Crippen molar-refractivity contribution in [2.75, 3.05) is 38.1 Å². The standard InChI is InChI=1S/C23H34N6O4/c1-6-28(7-2)12-11-24-22-25-20-19(21(31)27(5)23(32)26(20)4)29(22)14-17(30)15-33-18-10-8-9-16(3)13-18/h8-10,13,17,30H,6-7,11-12,14-15H2,1-5H3,(H,24,25). The molecule has 3 aromatic rings. The van der Waals surface area contributed by atoms with Crippen LogP contribution in [0.1, 0.15) is 19.4 Å². The van der Waals surface area contributed by atoms with Gasteiger partial charge in [-0.05, 0) is 37.7 Å². The minimum absolute atomic E-state index is 0.0497. The third kappa shape index (κ3) is 5.45. The van der Waals surface area contributed by atoms with Crippen LogP contribution >= 0.6 is 0 Å². The summed E-state index contributed by atoms with van der Waals surface area (Å²) in [7, 11) is 3.02. The van der Waals surface area contributed by atoms with Crippen molar-refractivity contribution in [3.8, 4) is 5.75 Å². The zero-order chi connectivity index (χ0) is 24.1. The largest absolute Gasteiger partial charge is 0.491 e. The highest BCUT2D eigenvalue weighted by molar-refractivity contribution is 5.74. The summed E-state index contributed by atoms with van der Waals surface area (Å²) in [4.78, 5) is 32.1. The third-order valence-corrected chi connectivity index (χ3v) is 5.78. The van der Waals surface area contributed by atoms with Crippen LogP contribution in [0.2, 0.25) is 0 Å². The van der Waals surface area contributed by atoms with E-state index in [4.69, 9.17) is 4.74 Å². The van der Waals surface area contributed by atoms with Crippen molar-refractivity contribution in [1.82, 2.24) is 23.6 Å². The molecule has 0 saturated heterocycles. The van der Waals surface area contributed by atoms with E-state index in [-0.39, 0.29) is 24.3 Å². The molecule has 0 saturated carbocycles. The van der Waals surface area contributed by atoms with E-state index >= 15 is 0 Å². The van der Waals surface area contributed by atoms with Gasteiger partial charge in [0.15, 0.2) is 11.2 Å². The van der Waals surface area contributed by atoms with E-state index in [1.807, 2.05) is 31.2 Å². The van der Waals surface area contributed by atoms with Crippen molar-refractivity contribution in [3.63, 3.8) is 0 Å². The number of aryl methyl sites for hydroxylation is 2. The number of nitrogens with zero attached hydrogens (tertiary/aromatic N) is 5. The monoisotopic (exact) mass is 458 g/mol. The quantitative estimate of drug-likeness (QED) is 0.440. The summed E-state index contributed by atoms with van der Waals surface area (Å²) in [5, 5.41) is 14.0. The summed E-state index contributed by atoms with van der Waals surface area (Å²) in [5.74, 6) is 1.10. The number of hydrogen-bond donors (Lipinski definition) is 2. The minimum Gasteiger partial charge on any atom is -0.491 e. The number of rotatable bonds is 11. The highest BCUT2D eigenvalue weighted by atomic mass is 16.5. The Balaban J connectivity index is 1.89. The van der Waals surface area contributed by atoms with Crippen molar-refractivity contribution >= 4 is 17.1 Å². The molecule has 180 valence electrons. The molecular weight excluding hydrogens is 424 g/mol. The Kier molecular flexibility index (Phi) is 7.93. The number of aliphatic hydroxyl groups is 1. The number of nitrogens with one attached hydrogen (secondary N) is 1. The lowest BCUT2D eigenvalue weighted by molar-refractivity contribution is 0.0938. The van der Waals surface area contributed by atoms with Crippen LogP contribution in [0, 0.1) is 6.92 Å². The molecule has 1 atom stereocenters. The molecule has 0 aliphatic rings. The minimum atomic E-state index is -0.895. The first-order valence-electron chi connectivity index (χ1n) is 11.3. The Bertz CT molecular complexity index is 1210. The molecule has 0 aliphatic heterocycles. The normalized spacial score (nSPS) is 12.5. The van der Waals surface area contributed by atoms with E-state index in [2.05, 4.69) is 29.0 Å². The summed E-state index contributed by atoms with van der Waals surface area (Å²) >= 11 is 0. The second kappa shape index (κ2) is 10.7. The van der Waals surface area contributed by atoms with Crippen molar-refractivity contribution < 1.29 is 9.84 Å². The lowest BCUT2D eigenvalue weighted by Gasteiger charge is -2.19. The van der Waals surface area contributed by atoms with Crippen molar-refractivity contribution in [1.29, 1.82) is 0 Å². The highest BCUT2D eigenvalue weighted by Crippen LogP contribution is 2.17. The third-order valence-electron chi connectivity index (χ3n) is 5.78. The summed E-state index contributed by atoms with van der Waals surface area (Å²) in [6, 6.07) is 7.59. The predicted molar refractivity (Wildman–Crippen MR) is 129 cm³/mol. The second-order valence-corrected chi connectivity index (χ2v) is 8.16. The molecule has 0 fully saturated rings. The summed E-state index contributed by atoms with van der Waals surface area (Å²) < 4.78 is 9.78. The van der Waals surface area contributed by atoms with Crippen LogP contribution in [0.15, 0.2) is 33.9 Å². The summed E-state index contributed by atoms with van der Waals surface area (Å²) in [6.07, 6.45) is -0.895. The number of ether oxygens (including phenoxy) is 1. The molecule has 2 N–H and O–H groups in total. The molecule has 2 aromatic heterocycles. The molecule has 10 nitrogen and oxygen atoms in total. The Morgan fingerprint density at radius 1 is 1.18 bits per heavy atom. The van der Waals surface area contributed by atoms with Gasteiger partial charge in [0, 0.05) is 27.2 Å². The fraction of sp³-hybridized carbons (Fsp3) is 0.522. The number of likely N-dealkylation sites (N-methyl/N-ethyl adjacent to an activating group) is 1. The molecule has 0 bridgehead atoms. The van der Waals surface area contributed by atoms with Crippen molar-refractivity contribution in [2.45, 2.75) is 33.4 Å². The van der Waals surface area contributed by atoms with Crippen LogP contribution in [0.4, 0.5) is 5.95 Å². The average Bonchev–Trinajstić information content (AvgIpc) is 3.16. The number of benzene rings is 1. The van der Waals surface area contributed by atoms with Gasteiger partial charge in [0.1, 0.15) is 18.5 Å². The SMILES string of the molecule is CCN(CC)CCNc1nc2c(c(=O)n(C)c(=O)n2C)n1CC(O)COc1cccc(C)c1. The highest BCUT2D eigenvalue weighted by Gasteiger charge is 2.21. The number of anilines is 1. The zero-order valence-electron chi connectivity index (χ0n) is 20.0. The molecular formula is C23H34N6O4. The molecule has 33 heavy (non-hydrogen) atoms. The second-order valence-electron chi connectivity index (χ2n) is 8.16. The molecule has 10 heteroatoms.